The lowest BCUT2D eigenvalue weighted by Gasteiger charge is -2.43. The topological polar surface area (TPSA) is 52.6 Å². The standard InChI is InChI=1S/C15H28N2O2/c1-11(2)16-13-7-5-9-17(15(13)19)14-8-4-3-6-12(14)10-18/h11-14,16,18H,3-10H2,1-2H3. The molecule has 0 bridgehead atoms. The van der Waals surface area contributed by atoms with Gasteiger partial charge in [-0.3, -0.25) is 4.79 Å². The minimum Gasteiger partial charge on any atom is -0.396 e. The lowest BCUT2D eigenvalue weighted by atomic mass is 9.83. The van der Waals surface area contributed by atoms with E-state index in [1.807, 2.05) is 0 Å². The quantitative estimate of drug-likeness (QED) is 0.813. The van der Waals surface area contributed by atoms with Gasteiger partial charge in [0.25, 0.3) is 0 Å². The summed E-state index contributed by atoms with van der Waals surface area (Å²) in [4.78, 5) is 14.7. The first kappa shape index (κ1) is 14.8. The second kappa shape index (κ2) is 6.71. The monoisotopic (exact) mass is 268 g/mol. The van der Waals surface area contributed by atoms with E-state index < -0.39 is 0 Å². The van der Waals surface area contributed by atoms with Gasteiger partial charge in [0.1, 0.15) is 0 Å². The molecular formula is C15H28N2O2. The highest BCUT2D eigenvalue weighted by Crippen LogP contribution is 2.30. The number of likely N-dealkylation sites (tertiary alicyclic amines) is 1. The van der Waals surface area contributed by atoms with Gasteiger partial charge in [0.2, 0.25) is 5.91 Å². The predicted molar refractivity (Wildman–Crippen MR) is 75.8 cm³/mol. The normalized spacial score (nSPS) is 32.9. The second-order valence-corrected chi connectivity index (χ2v) is 6.34. The first-order valence-electron chi connectivity index (χ1n) is 7.81. The highest BCUT2D eigenvalue weighted by Gasteiger charge is 2.37. The molecule has 1 aliphatic carbocycles. The fourth-order valence-corrected chi connectivity index (χ4v) is 3.60. The molecule has 0 aromatic carbocycles. The van der Waals surface area contributed by atoms with E-state index in [2.05, 4.69) is 24.1 Å². The van der Waals surface area contributed by atoms with Crippen molar-refractivity contribution >= 4 is 5.91 Å². The largest absolute Gasteiger partial charge is 0.396 e. The Morgan fingerprint density at radius 2 is 2.00 bits per heavy atom. The van der Waals surface area contributed by atoms with Crippen LogP contribution in [0.25, 0.3) is 0 Å². The number of piperidine rings is 1. The van der Waals surface area contributed by atoms with Gasteiger partial charge in [-0.25, -0.2) is 0 Å². The van der Waals surface area contributed by atoms with Crippen LogP contribution in [0.2, 0.25) is 0 Å². The summed E-state index contributed by atoms with van der Waals surface area (Å²) in [6.07, 6.45) is 6.53. The molecule has 1 saturated heterocycles. The third-order valence-corrected chi connectivity index (χ3v) is 4.51. The van der Waals surface area contributed by atoms with Gasteiger partial charge in [0.15, 0.2) is 0 Å². The van der Waals surface area contributed by atoms with Gasteiger partial charge in [-0.15, -0.1) is 0 Å². The fourth-order valence-electron chi connectivity index (χ4n) is 3.60. The summed E-state index contributed by atoms with van der Waals surface area (Å²) in [7, 11) is 0. The number of carbonyl (C=O) groups excluding carboxylic acids is 1. The van der Waals surface area contributed by atoms with Gasteiger partial charge in [-0.05, 0) is 25.7 Å². The van der Waals surface area contributed by atoms with E-state index in [-0.39, 0.29) is 30.5 Å². The third-order valence-electron chi connectivity index (χ3n) is 4.51. The van der Waals surface area contributed by atoms with Crippen LogP contribution in [-0.2, 0) is 4.79 Å². The number of hydrogen-bond donors (Lipinski definition) is 2. The summed E-state index contributed by atoms with van der Waals surface area (Å²) in [6, 6.07) is 0.590. The summed E-state index contributed by atoms with van der Waals surface area (Å²) >= 11 is 0. The van der Waals surface area contributed by atoms with Gasteiger partial charge in [-0.1, -0.05) is 26.7 Å². The Hall–Kier alpha value is -0.610. The van der Waals surface area contributed by atoms with E-state index in [1.165, 1.54) is 12.8 Å². The molecule has 1 aliphatic heterocycles. The van der Waals surface area contributed by atoms with Crippen LogP contribution in [0.1, 0.15) is 52.4 Å². The molecule has 2 N–H and O–H groups in total. The molecule has 1 saturated carbocycles. The van der Waals surface area contributed by atoms with Gasteiger partial charge in [-0.2, -0.15) is 0 Å². The molecule has 19 heavy (non-hydrogen) atoms. The molecule has 2 aliphatic rings. The summed E-state index contributed by atoms with van der Waals surface area (Å²) in [5, 5.41) is 12.9. The van der Waals surface area contributed by atoms with Crippen LogP contribution in [0.15, 0.2) is 0 Å². The minimum atomic E-state index is -0.0185. The molecule has 1 heterocycles. The fraction of sp³-hybridized carbons (Fsp3) is 0.933. The molecule has 0 spiro atoms. The van der Waals surface area contributed by atoms with Crippen LogP contribution in [0.4, 0.5) is 0 Å². The number of nitrogens with one attached hydrogen (secondary N) is 1. The average molecular weight is 268 g/mol. The minimum absolute atomic E-state index is 0.0185. The van der Waals surface area contributed by atoms with E-state index in [1.54, 1.807) is 0 Å². The molecule has 0 aromatic heterocycles. The van der Waals surface area contributed by atoms with E-state index in [0.29, 0.717) is 6.04 Å². The van der Waals surface area contributed by atoms with Gasteiger partial charge < -0.3 is 15.3 Å². The Morgan fingerprint density at radius 3 is 2.68 bits per heavy atom. The molecule has 3 unspecified atom stereocenters. The second-order valence-electron chi connectivity index (χ2n) is 6.34. The van der Waals surface area contributed by atoms with Crippen molar-refractivity contribution in [1.82, 2.24) is 10.2 Å². The summed E-state index contributed by atoms with van der Waals surface area (Å²) in [5.41, 5.74) is 0. The van der Waals surface area contributed by atoms with Gasteiger partial charge in [0.05, 0.1) is 6.04 Å². The molecule has 3 atom stereocenters. The maximum Gasteiger partial charge on any atom is 0.239 e. The highest BCUT2D eigenvalue weighted by molar-refractivity contribution is 5.83. The number of carbonyl (C=O) groups is 1. The number of rotatable bonds is 4. The Bertz CT molecular complexity index is 307. The van der Waals surface area contributed by atoms with E-state index in [4.69, 9.17) is 0 Å². The van der Waals surface area contributed by atoms with Crippen molar-refractivity contribution in [3.05, 3.63) is 0 Å². The summed E-state index contributed by atoms with van der Waals surface area (Å²) in [5.74, 6) is 0.542. The zero-order valence-corrected chi connectivity index (χ0v) is 12.3. The molecule has 4 heteroatoms. The summed E-state index contributed by atoms with van der Waals surface area (Å²) in [6.45, 7) is 5.26. The molecule has 2 rings (SSSR count). The number of nitrogens with zero attached hydrogens (tertiary/aromatic N) is 1. The smallest absolute Gasteiger partial charge is 0.239 e. The van der Waals surface area contributed by atoms with Crippen LogP contribution in [0.5, 0.6) is 0 Å². The van der Waals surface area contributed by atoms with Crippen molar-refractivity contribution < 1.29 is 9.90 Å². The van der Waals surface area contributed by atoms with Crippen LogP contribution in [0, 0.1) is 5.92 Å². The van der Waals surface area contributed by atoms with Crippen LogP contribution in [0.3, 0.4) is 0 Å². The zero-order chi connectivity index (χ0) is 13.8. The first-order valence-corrected chi connectivity index (χ1v) is 7.81. The number of aliphatic hydroxyl groups is 1. The van der Waals surface area contributed by atoms with Crippen LogP contribution < -0.4 is 5.32 Å². The maximum atomic E-state index is 12.6. The molecule has 0 aromatic rings. The highest BCUT2D eigenvalue weighted by atomic mass is 16.3. The molecular weight excluding hydrogens is 240 g/mol. The molecule has 0 radical (unpaired) electrons. The van der Waals surface area contributed by atoms with E-state index in [9.17, 15) is 9.90 Å². The van der Waals surface area contributed by atoms with Crippen molar-refractivity contribution in [3.8, 4) is 0 Å². The Morgan fingerprint density at radius 1 is 1.26 bits per heavy atom. The van der Waals surface area contributed by atoms with E-state index >= 15 is 0 Å². The Balaban J connectivity index is 2.03. The van der Waals surface area contributed by atoms with Crippen molar-refractivity contribution in [2.75, 3.05) is 13.2 Å². The van der Waals surface area contributed by atoms with Crippen molar-refractivity contribution in [2.45, 2.75) is 70.5 Å². The average Bonchev–Trinajstić information content (AvgIpc) is 2.41. The lowest BCUT2D eigenvalue weighted by molar-refractivity contribution is -0.141. The molecule has 110 valence electrons. The first-order chi connectivity index (χ1) is 9.13. The van der Waals surface area contributed by atoms with Gasteiger partial charge in [0, 0.05) is 31.2 Å². The zero-order valence-electron chi connectivity index (χ0n) is 12.3. The third kappa shape index (κ3) is 3.48. The van der Waals surface area contributed by atoms with Crippen LogP contribution >= 0.6 is 0 Å². The molecule has 1 amide bonds. The van der Waals surface area contributed by atoms with Crippen molar-refractivity contribution in [2.24, 2.45) is 5.92 Å². The SMILES string of the molecule is CC(C)NC1CCCN(C2CCCCC2CO)C1=O. The van der Waals surface area contributed by atoms with Crippen LogP contribution in [-0.4, -0.2) is 47.2 Å². The lowest BCUT2D eigenvalue weighted by Crippen LogP contribution is -2.57. The number of aliphatic hydroxyl groups excluding tert-OH is 1. The van der Waals surface area contributed by atoms with Crippen molar-refractivity contribution in [1.29, 1.82) is 0 Å². The number of amides is 1. The van der Waals surface area contributed by atoms with Crippen molar-refractivity contribution in [3.63, 3.8) is 0 Å². The molecule has 4 nitrogen and oxygen atoms in total. The predicted octanol–water partition coefficient (Wildman–Crippen LogP) is 1.53. The molecule has 2 fully saturated rings. The summed E-state index contributed by atoms with van der Waals surface area (Å²) < 4.78 is 0. The van der Waals surface area contributed by atoms with Gasteiger partial charge >= 0.3 is 0 Å². The maximum absolute atomic E-state index is 12.6. The Labute approximate surface area is 116 Å². The number of hydrogen-bond acceptors (Lipinski definition) is 3. The van der Waals surface area contributed by atoms with E-state index in [0.717, 1.165) is 32.2 Å². The Kier molecular flexibility index (Phi) is 5.22.